The van der Waals surface area contributed by atoms with Gasteiger partial charge < -0.3 is 47.8 Å². The third kappa shape index (κ3) is 18.1. The van der Waals surface area contributed by atoms with Gasteiger partial charge in [0.2, 0.25) is 41.2 Å². The third-order valence-electron chi connectivity index (χ3n) is 11.3. The van der Waals surface area contributed by atoms with Crippen LogP contribution in [-0.4, -0.2) is 105 Å². The van der Waals surface area contributed by atoms with Gasteiger partial charge in [-0.2, -0.15) is 0 Å². The fourth-order valence-electron chi connectivity index (χ4n) is 7.56. The van der Waals surface area contributed by atoms with Crippen molar-refractivity contribution in [3.05, 3.63) is 83.9 Å². The van der Waals surface area contributed by atoms with E-state index >= 15 is 0 Å². The molecule has 0 heterocycles. The van der Waals surface area contributed by atoms with Crippen LogP contribution in [0.4, 0.5) is 0 Å². The van der Waals surface area contributed by atoms with Gasteiger partial charge in [0.15, 0.2) is 0 Å². The smallest absolute Gasteiger partial charge is 0.305 e. The molecule has 19 nitrogen and oxygen atoms in total. The van der Waals surface area contributed by atoms with E-state index in [1.165, 1.54) is 6.92 Å². The van der Waals surface area contributed by atoms with E-state index in [-0.39, 0.29) is 31.6 Å². The van der Waals surface area contributed by atoms with Gasteiger partial charge in [0.05, 0.1) is 18.9 Å². The topological polar surface area (TPSA) is 309 Å². The van der Waals surface area contributed by atoms with E-state index in [4.69, 9.17) is 5.73 Å². The Balaban J connectivity index is 1.94. The molecule has 3 rings (SSSR count). The van der Waals surface area contributed by atoms with E-state index in [2.05, 4.69) is 31.9 Å². The van der Waals surface area contributed by atoms with Crippen LogP contribution in [0.5, 0.6) is 0 Å². The number of carbonyl (C=O) groups excluding carboxylic acids is 8. The summed E-state index contributed by atoms with van der Waals surface area (Å²) in [6, 6.07) is 14.0. The number of hydrogen-bond donors (Lipinski definition) is 9. The van der Waals surface area contributed by atoms with Gasteiger partial charge in [0, 0.05) is 12.8 Å². The minimum absolute atomic E-state index is 0.0975. The van der Waals surface area contributed by atoms with Crippen molar-refractivity contribution in [2.45, 2.75) is 142 Å². The summed E-state index contributed by atoms with van der Waals surface area (Å²) >= 11 is 0. The molecule has 0 saturated carbocycles. The summed E-state index contributed by atoms with van der Waals surface area (Å²) in [5.41, 5.74) is 3.41. The largest absolute Gasteiger partial charge is 0.481 e. The van der Waals surface area contributed by atoms with Crippen molar-refractivity contribution >= 4 is 69.8 Å². The van der Waals surface area contributed by atoms with E-state index in [9.17, 15) is 58.2 Å². The van der Waals surface area contributed by atoms with Crippen molar-refractivity contribution < 1.29 is 58.2 Å². The highest BCUT2D eigenvalue weighted by Gasteiger charge is 2.43. The minimum Gasteiger partial charge on any atom is -0.481 e. The number of carbonyl (C=O) groups is 10. The molecular formula is C50H67N7O12. The van der Waals surface area contributed by atoms with E-state index < -0.39 is 119 Å². The zero-order chi connectivity index (χ0) is 51.6. The second-order valence-corrected chi connectivity index (χ2v) is 18.9. The maximum absolute atomic E-state index is 14.7. The summed E-state index contributed by atoms with van der Waals surface area (Å²) in [5, 5.41) is 36.5. The van der Waals surface area contributed by atoms with Crippen molar-refractivity contribution in [3.8, 4) is 0 Å². The van der Waals surface area contributed by atoms with Gasteiger partial charge in [-0.15, -0.1) is 0 Å². The van der Waals surface area contributed by atoms with Crippen LogP contribution in [0.15, 0.2) is 72.8 Å². The summed E-state index contributed by atoms with van der Waals surface area (Å²) in [6.45, 7) is 11.8. The fraction of sp³-hybridized carbons (Fsp3) is 0.480. The van der Waals surface area contributed by atoms with Crippen molar-refractivity contribution in [1.82, 2.24) is 31.9 Å². The second-order valence-electron chi connectivity index (χ2n) is 18.9. The van der Waals surface area contributed by atoms with Crippen LogP contribution in [0.25, 0.3) is 10.8 Å². The van der Waals surface area contributed by atoms with Crippen molar-refractivity contribution in [2.75, 3.05) is 0 Å². The number of Topliss-reactive ketones (excluding diaryl/α,β-unsaturated/α-hetero) is 1. The first kappa shape index (κ1) is 56.1. The predicted molar refractivity (Wildman–Crippen MR) is 256 cm³/mol. The molecule has 0 aromatic heterocycles. The molecule has 7 amide bonds. The lowest BCUT2D eigenvalue weighted by atomic mass is 9.84. The number of ketones is 1. The van der Waals surface area contributed by atoms with Crippen LogP contribution in [-0.2, 0) is 60.8 Å². The number of unbranched alkanes of at least 4 members (excludes halogenated alkanes) is 1. The van der Waals surface area contributed by atoms with Gasteiger partial charge in [-0.25, -0.2) is 0 Å². The average molecular weight is 958 g/mol. The Morgan fingerprint density at radius 2 is 1.22 bits per heavy atom. The lowest BCUT2D eigenvalue weighted by Crippen LogP contribution is -2.66. The zero-order valence-corrected chi connectivity index (χ0v) is 40.3. The van der Waals surface area contributed by atoms with Crippen LogP contribution in [0, 0.1) is 11.3 Å². The van der Waals surface area contributed by atoms with Crippen molar-refractivity contribution in [3.63, 3.8) is 0 Å². The maximum Gasteiger partial charge on any atom is 0.305 e. The van der Waals surface area contributed by atoms with Crippen LogP contribution in [0.2, 0.25) is 0 Å². The Labute approximate surface area is 401 Å². The number of amides is 7. The fourth-order valence-corrected chi connectivity index (χ4v) is 7.56. The average Bonchev–Trinajstić information content (AvgIpc) is 3.26. The number of aliphatic carboxylic acids is 2. The molecule has 0 unspecified atom stereocenters. The Hall–Kier alpha value is -7.18. The molecule has 19 heteroatoms. The first-order valence-electron chi connectivity index (χ1n) is 23.0. The first-order valence-corrected chi connectivity index (χ1v) is 23.0. The molecule has 0 aliphatic rings. The highest BCUT2D eigenvalue weighted by atomic mass is 16.4. The molecule has 69 heavy (non-hydrogen) atoms. The molecule has 0 aliphatic carbocycles. The number of carboxylic acids is 2. The van der Waals surface area contributed by atoms with Crippen molar-refractivity contribution in [1.29, 1.82) is 0 Å². The van der Waals surface area contributed by atoms with Crippen LogP contribution in [0.1, 0.15) is 105 Å². The number of carboxylic acid groups (broad SMARTS) is 2. The lowest BCUT2D eigenvalue weighted by molar-refractivity contribution is -0.141. The SMILES string of the molecule is CCCC[C@H](NC(=O)[C@H](CC(C)C)NC(=O)[C@@H](NC(=O)[C@](C)(Cc1ccccc1)NC(=O)[C@H](CCC(=O)O)NC(=O)[C@H](CC(=O)O)NC(=O)Cc1ccc2ccccc2c1)C(C)(C)C)C(=O)C(N)=O. The summed E-state index contributed by atoms with van der Waals surface area (Å²) in [4.78, 5) is 132. The van der Waals surface area contributed by atoms with Crippen LogP contribution < -0.4 is 37.6 Å². The molecule has 0 saturated heterocycles. The quantitative estimate of drug-likeness (QED) is 0.0499. The Bertz CT molecular complexity index is 2350. The Morgan fingerprint density at radius 1 is 0.623 bits per heavy atom. The number of nitrogens with two attached hydrogens (primary N) is 1. The van der Waals surface area contributed by atoms with E-state index in [1.807, 2.05) is 37.3 Å². The standard InChI is InChI=1S/C50H67N7O12/c1-8-9-19-34(41(63)43(51)64)53-44(65)36(24-29(2)3)55-47(68)42(49(4,5)6)56-48(69)50(7,28-30-15-11-10-12-16-30)57-46(67)35(22-23-39(59)60)54-45(66)37(27-40(61)62)52-38(58)26-31-20-21-32-17-13-14-18-33(32)25-31/h10-18,20-21,25,29,34-37,42H,8-9,19,22-24,26-28H2,1-7H3,(H2,51,64)(H,52,58)(H,53,65)(H,54,66)(H,55,68)(H,56,69)(H,57,67)(H,59,60)(H,61,62)/t34-,35-,36-,37-,42+,50-/m0/s1. The molecule has 6 atom stereocenters. The molecule has 0 fully saturated rings. The Kier molecular flexibility index (Phi) is 21.0. The highest BCUT2D eigenvalue weighted by Crippen LogP contribution is 2.23. The van der Waals surface area contributed by atoms with Crippen molar-refractivity contribution in [2.24, 2.45) is 17.1 Å². The number of nitrogens with one attached hydrogen (secondary N) is 6. The summed E-state index contributed by atoms with van der Waals surface area (Å²) in [6.07, 6.45) is -1.10. The molecule has 0 aliphatic heterocycles. The van der Waals surface area contributed by atoms with Crippen LogP contribution >= 0.6 is 0 Å². The van der Waals surface area contributed by atoms with E-state index in [1.54, 1.807) is 77.1 Å². The van der Waals surface area contributed by atoms with Gasteiger partial charge in [-0.05, 0) is 59.4 Å². The zero-order valence-electron chi connectivity index (χ0n) is 40.3. The maximum atomic E-state index is 14.7. The third-order valence-corrected chi connectivity index (χ3v) is 11.3. The van der Waals surface area contributed by atoms with Gasteiger partial charge in [0.25, 0.3) is 5.91 Å². The minimum atomic E-state index is -1.93. The number of rotatable bonds is 27. The molecule has 10 N–H and O–H groups in total. The number of benzene rings is 3. The normalized spacial score (nSPS) is 14.4. The van der Waals surface area contributed by atoms with Gasteiger partial charge >= 0.3 is 11.9 Å². The first-order chi connectivity index (χ1) is 32.3. The van der Waals surface area contributed by atoms with Crippen LogP contribution in [0.3, 0.4) is 0 Å². The number of hydrogen-bond acceptors (Lipinski definition) is 10. The van der Waals surface area contributed by atoms with E-state index in [0.29, 0.717) is 24.0 Å². The Morgan fingerprint density at radius 3 is 1.80 bits per heavy atom. The summed E-state index contributed by atoms with van der Waals surface area (Å²) in [7, 11) is 0. The van der Waals surface area contributed by atoms with Gasteiger partial charge in [-0.1, -0.05) is 127 Å². The number of primary amides is 1. The highest BCUT2D eigenvalue weighted by molar-refractivity contribution is 6.37. The van der Waals surface area contributed by atoms with Gasteiger partial charge in [0.1, 0.15) is 29.7 Å². The molecule has 0 spiro atoms. The molecular weight excluding hydrogens is 891 g/mol. The lowest BCUT2D eigenvalue weighted by Gasteiger charge is -2.37. The van der Waals surface area contributed by atoms with E-state index in [0.717, 1.165) is 10.8 Å². The monoisotopic (exact) mass is 957 g/mol. The molecule has 3 aromatic rings. The predicted octanol–water partition coefficient (Wildman–Crippen LogP) is 2.60. The summed E-state index contributed by atoms with van der Waals surface area (Å²) < 4.78 is 0. The number of fused-ring (bicyclic) bond motifs is 1. The molecule has 3 aromatic carbocycles. The molecule has 0 bridgehead atoms. The molecule has 0 radical (unpaired) electrons. The van der Waals surface area contributed by atoms with Gasteiger partial charge in [-0.3, -0.25) is 47.9 Å². The second kappa shape index (κ2) is 25.8. The summed E-state index contributed by atoms with van der Waals surface area (Å²) in [5.74, 6) is -10.4. The molecule has 374 valence electrons.